The smallest absolute Gasteiger partial charge is 0.249 e. The fourth-order valence-electron chi connectivity index (χ4n) is 5.23. The summed E-state index contributed by atoms with van der Waals surface area (Å²) in [5.74, 6) is 0.204. The molecule has 2 aliphatic heterocycles. The number of anilines is 1. The highest BCUT2D eigenvalue weighted by molar-refractivity contribution is 6.33. The molecule has 2 N–H and O–H groups in total. The number of aryl methyl sites for hydroxylation is 1. The van der Waals surface area contributed by atoms with Gasteiger partial charge in [0.05, 0.1) is 11.2 Å². The molecule has 2 aromatic rings. The van der Waals surface area contributed by atoms with E-state index in [0.29, 0.717) is 23.9 Å². The molecule has 0 aromatic carbocycles. The average molecular weight is 472 g/mol. The lowest BCUT2D eigenvalue weighted by molar-refractivity contribution is -0.131. The van der Waals surface area contributed by atoms with Crippen LogP contribution in [0, 0.1) is 5.92 Å². The van der Waals surface area contributed by atoms with E-state index in [-0.39, 0.29) is 29.9 Å². The highest BCUT2D eigenvalue weighted by Crippen LogP contribution is 2.34. The van der Waals surface area contributed by atoms with Gasteiger partial charge >= 0.3 is 0 Å². The van der Waals surface area contributed by atoms with Crippen LogP contribution in [0.5, 0.6) is 0 Å². The number of nitrogens with one attached hydrogen (secondary N) is 2. The van der Waals surface area contributed by atoms with Gasteiger partial charge in [-0.2, -0.15) is 5.10 Å². The zero-order chi connectivity index (χ0) is 22.8. The van der Waals surface area contributed by atoms with Gasteiger partial charge in [-0.25, -0.2) is 4.98 Å². The third-order valence-electron chi connectivity index (χ3n) is 6.99. The van der Waals surface area contributed by atoms with Crippen LogP contribution in [0.4, 0.5) is 5.82 Å². The van der Waals surface area contributed by atoms with Crippen molar-refractivity contribution in [2.24, 2.45) is 5.92 Å². The Morgan fingerprint density at radius 1 is 1.06 bits per heavy atom. The summed E-state index contributed by atoms with van der Waals surface area (Å²) in [5.41, 5.74) is 3.03. The monoisotopic (exact) mass is 471 g/mol. The lowest BCUT2D eigenvalue weighted by atomic mass is 9.85. The minimum Gasteiger partial charge on any atom is -0.368 e. The van der Waals surface area contributed by atoms with Gasteiger partial charge in [0.2, 0.25) is 11.8 Å². The predicted molar refractivity (Wildman–Crippen MR) is 125 cm³/mol. The standard InChI is InChI=1S/C24H30ClN5O3/c25-19-14-26-22(12-17(19)18-13-27-30-9-2-1-7-20(18)30)29-23(31)15-5-3-6-16(11-15)28-24(32)21-8-4-10-33-21/h12-16,21H,1-11H2,(H,28,32)(H,26,29,31)/t15-,16+,21?/m0/s1. The van der Waals surface area contributed by atoms with Crippen LogP contribution in [0.2, 0.25) is 5.02 Å². The summed E-state index contributed by atoms with van der Waals surface area (Å²) in [5, 5.41) is 11.1. The second kappa shape index (κ2) is 9.81. The van der Waals surface area contributed by atoms with E-state index in [1.54, 1.807) is 6.20 Å². The lowest BCUT2D eigenvalue weighted by Gasteiger charge is -2.29. The zero-order valence-corrected chi connectivity index (χ0v) is 19.4. The molecule has 1 saturated carbocycles. The Kier molecular flexibility index (Phi) is 6.64. The van der Waals surface area contributed by atoms with Crippen molar-refractivity contribution in [2.75, 3.05) is 11.9 Å². The first kappa shape index (κ1) is 22.3. The van der Waals surface area contributed by atoms with Crippen molar-refractivity contribution in [3.05, 3.63) is 29.2 Å². The van der Waals surface area contributed by atoms with Crippen LogP contribution >= 0.6 is 11.6 Å². The molecule has 5 rings (SSSR count). The van der Waals surface area contributed by atoms with Gasteiger partial charge < -0.3 is 15.4 Å². The molecule has 176 valence electrons. The van der Waals surface area contributed by atoms with E-state index in [9.17, 15) is 9.59 Å². The number of amides is 2. The van der Waals surface area contributed by atoms with E-state index in [2.05, 4.69) is 20.7 Å². The quantitative estimate of drug-likeness (QED) is 0.692. The SMILES string of the molecule is O=C(N[C@@H]1CCC[C@H](C(=O)Nc2cc(-c3cnn4c3CCCC4)c(Cl)cn2)C1)C1CCCO1. The highest BCUT2D eigenvalue weighted by atomic mass is 35.5. The molecule has 2 amide bonds. The Bertz CT molecular complexity index is 1030. The number of fused-ring (bicyclic) bond motifs is 1. The molecule has 33 heavy (non-hydrogen) atoms. The highest BCUT2D eigenvalue weighted by Gasteiger charge is 2.31. The Balaban J connectivity index is 1.24. The van der Waals surface area contributed by atoms with Gasteiger partial charge in [-0.3, -0.25) is 14.3 Å². The van der Waals surface area contributed by atoms with Crippen LogP contribution in [0.3, 0.4) is 0 Å². The minimum absolute atomic E-state index is 0.00104. The number of halogens is 1. The van der Waals surface area contributed by atoms with Gasteiger partial charge in [0.1, 0.15) is 11.9 Å². The number of carbonyl (C=O) groups is 2. The third-order valence-corrected chi connectivity index (χ3v) is 7.29. The van der Waals surface area contributed by atoms with Crippen molar-refractivity contribution in [3.63, 3.8) is 0 Å². The van der Waals surface area contributed by atoms with Crippen LogP contribution in [-0.2, 0) is 27.3 Å². The van der Waals surface area contributed by atoms with Gasteiger partial charge in [-0.05, 0) is 57.4 Å². The molecule has 9 heteroatoms. The normalized spacial score (nSPS) is 24.8. The first-order valence-electron chi connectivity index (χ1n) is 12.0. The van der Waals surface area contributed by atoms with E-state index in [1.807, 2.05) is 16.9 Å². The summed E-state index contributed by atoms with van der Waals surface area (Å²) in [6, 6.07) is 1.84. The fraction of sp³-hybridized carbons (Fsp3) is 0.583. The number of aromatic nitrogens is 3. The Labute approximate surface area is 198 Å². The maximum atomic E-state index is 13.0. The summed E-state index contributed by atoms with van der Waals surface area (Å²) in [4.78, 5) is 29.8. The van der Waals surface area contributed by atoms with Crippen molar-refractivity contribution in [1.82, 2.24) is 20.1 Å². The molecule has 2 fully saturated rings. The average Bonchev–Trinajstić information content (AvgIpc) is 3.51. The Morgan fingerprint density at radius 3 is 2.82 bits per heavy atom. The van der Waals surface area contributed by atoms with Gasteiger partial charge in [0.15, 0.2) is 0 Å². The number of rotatable bonds is 5. The number of carbonyl (C=O) groups excluding carboxylic acids is 2. The zero-order valence-electron chi connectivity index (χ0n) is 18.7. The molecular weight excluding hydrogens is 442 g/mol. The lowest BCUT2D eigenvalue weighted by Crippen LogP contribution is -2.44. The van der Waals surface area contributed by atoms with Gasteiger partial charge in [-0.15, -0.1) is 0 Å². The second-order valence-corrected chi connectivity index (χ2v) is 9.70. The molecule has 1 aliphatic carbocycles. The van der Waals surface area contributed by atoms with Crippen molar-refractivity contribution in [3.8, 4) is 11.1 Å². The predicted octanol–water partition coefficient (Wildman–Crippen LogP) is 3.73. The van der Waals surface area contributed by atoms with Crippen LogP contribution < -0.4 is 10.6 Å². The van der Waals surface area contributed by atoms with E-state index < -0.39 is 0 Å². The van der Waals surface area contributed by atoms with Crippen LogP contribution in [-0.4, -0.2) is 45.3 Å². The third kappa shape index (κ3) is 4.92. The van der Waals surface area contributed by atoms with Gasteiger partial charge in [-0.1, -0.05) is 18.0 Å². The first-order valence-corrected chi connectivity index (χ1v) is 12.4. The maximum absolute atomic E-state index is 13.0. The first-order chi connectivity index (χ1) is 16.1. The van der Waals surface area contributed by atoms with Crippen LogP contribution in [0.25, 0.3) is 11.1 Å². The molecule has 0 radical (unpaired) electrons. The molecule has 0 bridgehead atoms. The van der Waals surface area contributed by atoms with E-state index in [1.165, 1.54) is 5.69 Å². The Morgan fingerprint density at radius 2 is 1.97 bits per heavy atom. The van der Waals surface area contributed by atoms with E-state index in [0.717, 1.165) is 69.0 Å². The molecule has 2 aromatic heterocycles. The summed E-state index contributed by atoms with van der Waals surface area (Å²) in [6.45, 7) is 1.57. The molecule has 3 atom stereocenters. The maximum Gasteiger partial charge on any atom is 0.249 e. The van der Waals surface area contributed by atoms with Gasteiger partial charge in [0, 0.05) is 48.1 Å². The Hall–Kier alpha value is -2.45. The second-order valence-electron chi connectivity index (χ2n) is 9.29. The van der Waals surface area contributed by atoms with Crippen molar-refractivity contribution < 1.29 is 14.3 Å². The van der Waals surface area contributed by atoms with Crippen LogP contribution in [0.1, 0.15) is 57.1 Å². The molecule has 1 saturated heterocycles. The molecular formula is C24H30ClN5O3. The largest absolute Gasteiger partial charge is 0.368 e. The summed E-state index contributed by atoms with van der Waals surface area (Å²) in [6.07, 6.45) is 11.3. The number of ether oxygens (including phenoxy) is 1. The van der Waals surface area contributed by atoms with Gasteiger partial charge in [0.25, 0.3) is 0 Å². The fourth-order valence-corrected chi connectivity index (χ4v) is 5.43. The topological polar surface area (TPSA) is 98.1 Å². The van der Waals surface area contributed by atoms with Crippen molar-refractivity contribution >= 4 is 29.2 Å². The van der Waals surface area contributed by atoms with Crippen molar-refractivity contribution in [1.29, 1.82) is 0 Å². The summed E-state index contributed by atoms with van der Waals surface area (Å²) < 4.78 is 7.52. The summed E-state index contributed by atoms with van der Waals surface area (Å²) >= 11 is 6.47. The number of hydrogen-bond donors (Lipinski definition) is 2. The minimum atomic E-state index is -0.342. The number of hydrogen-bond acceptors (Lipinski definition) is 5. The number of pyridine rings is 1. The molecule has 3 aliphatic rings. The molecule has 1 unspecified atom stereocenters. The molecule has 0 spiro atoms. The summed E-state index contributed by atoms with van der Waals surface area (Å²) in [7, 11) is 0. The van der Waals surface area contributed by atoms with E-state index >= 15 is 0 Å². The molecule has 4 heterocycles. The number of nitrogens with zero attached hydrogens (tertiary/aromatic N) is 3. The molecule has 8 nitrogen and oxygen atoms in total. The van der Waals surface area contributed by atoms with Crippen molar-refractivity contribution in [2.45, 2.75) is 76.5 Å². The van der Waals surface area contributed by atoms with Crippen LogP contribution in [0.15, 0.2) is 18.5 Å². The van der Waals surface area contributed by atoms with E-state index in [4.69, 9.17) is 16.3 Å².